The van der Waals surface area contributed by atoms with E-state index in [1.165, 1.54) is 6.08 Å². The van der Waals surface area contributed by atoms with Crippen molar-refractivity contribution in [2.75, 3.05) is 13.2 Å². The minimum atomic E-state index is 0.00301. The standard InChI is InChI=1S/C10H8BrNO4/c11-7-3-8-10(16-2-1-15-8)6(9(7)14)4-12-5-13/h3,14H,1-2,4H2. The highest BCUT2D eigenvalue weighted by molar-refractivity contribution is 9.10. The summed E-state index contributed by atoms with van der Waals surface area (Å²) in [6, 6.07) is 1.62. The van der Waals surface area contributed by atoms with Crippen LogP contribution in [0.1, 0.15) is 5.56 Å². The SMILES string of the molecule is O=C=NCc1c(O)c(Br)cc2c1OCCO2. The van der Waals surface area contributed by atoms with Gasteiger partial charge in [0, 0.05) is 6.07 Å². The van der Waals surface area contributed by atoms with Crippen LogP contribution in [0.4, 0.5) is 0 Å². The second-order valence-corrected chi connectivity index (χ2v) is 3.97. The Hall–Kier alpha value is -1.52. The molecule has 6 heteroatoms. The minimum Gasteiger partial charge on any atom is -0.506 e. The van der Waals surface area contributed by atoms with Crippen molar-refractivity contribution in [1.29, 1.82) is 0 Å². The van der Waals surface area contributed by atoms with Crippen LogP contribution in [-0.2, 0) is 11.3 Å². The zero-order valence-electron chi connectivity index (χ0n) is 8.20. The second-order valence-electron chi connectivity index (χ2n) is 3.12. The third-order valence-electron chi connectivity index (χ3n) is 2.16. The number of rotatable bonds is 2. The monoisotopic (exact) mass is 285 g/mol. The summed E-state index contributed by atoms with van der Waals surface area (Å²) in [4.78, 5) is 13.5. The Morgan fingerprint density at radius 2 is 2.25 bits per heavy atom. The van der Waals surface area contributed by atoms with Gasteiger partial charge in [0.05, 0.1) is 16.6 Å². The maximum Gasteiger partial charge on any atom is 0.235 e. The predicted octanol–water partition coefficient (Wildman–Crippen LogP) is 1.76. The molecule has 0 unspecified atom stereocenters. The molecule has 1 aliphatic rings. The van der Waals surface area contributed by atoms with E-state index >= 15 is 0 Å². The number of carbonyl (C=O) groups excluding carboxylic acids is 1. The van der Waals surface area contributed by atoms with Crippen LogP contribution in [0.25, 0.3) is 0 Å². The molecule has 5 nitrogen and oxygen atoms in total. The number of isocyanates is 1. The Morgan fingerprint density at radius 1 is 1.50 bits per heavy atom. The molecule has 0 aliphatic carbocycles. The van der Waals surface area contributed by atoms with Crippen molar-refractivity contribution >= 4 is 22.0 Å². The first-order chi connectivity index (χ1) is 7.74. The van der Waals surface area contributed by atoms with E-state index in [4.69, 9.17) is 9.47 Å². The molecule has 0 radical (unpaired) electrons. The Bertz CT molecular complexity index is 468. The number of fused-ring (bicyclic) bond motifs is 1. The van der Waals surface area contributed by atoms with Gasteiger partial charge in [0.15, 0.2) is 11.5 Å². The van der Waals surface area contributed by atoms with E-state index in [9.17, 15) is 9.90 Å². The molecule has 1 aromatic rings. The molecule has 0 fully saturated rings. The van der Waals surface area contributed by atoms with Crippen molar-refractivity contribution in [2.24, 2.45) is 4.99 Å². The number of hydrogen-bond acceptors (Lipinski definition) is 5. The average molecular weight is 286 g/mol. The quantitative estimate of drug-likeness (QED) is 0.664. The lowest BCUT2D eigenvalue weighted by Gasteiger charge is -2.21. The van der Waals surface area contributed by atoms with E-state index < -0.39 is 0 Å². The first kappa shape index (κ1) is 11.0. The molecular weight excluding hydrogens is 278 g/mol. The van der Waals surface area contributed by atoms with Crippen LogP contribution < -0.4 is 9.47 Å². The maximum absolute atomic E-state index is 10.1. The van der Waals surface area contributed by atoms with Crippen molar-refractivity contribution in [3.05, 3.63) is 16.1 Å². The summed E-state index contributed by atoms with van der Waals surface area (Å²) in [6.07, 6.45) is 1.42. The molecule has 0 saturated heterocycles. The van der Waals surface area contributed by atoms with Gasteiger partial charge in [-0.3, -0.25) is 0 Å². The van der Waals surface area contributed by atoms with Crippen molar-refractivity contribution in [3.63, 3.8) is 0 Å². The van der Waals surface area contributed by atoms with Gasteiger partial charge in [0.1, 0.15) is 19.0 Å². The van der Waals surface area contributed by atoms with Crippen LogP contribution in [-0.4, -0.2) is 24.4 Å². The van der Waals surface area contributed by atoms with Crippen LogP contribution in [0, 0.1) is 0 Å². The Morgan fingerprint density at radius 3 is 3.00 bits per heavy atom. The number of hydrogen-bond donors (Lipinski definition) is 1. The Kier molecular flexibility index (Phi) is 3.12. The molecule has 1 aromatic carbocycles. The first-order valence-electron chi connectivity index (χ1n) is 4.57. The van der Waals surface area contributed by atoms with E-state index in [1.807, 2.05) is 0 Å². The lowest BCUT2D eigenvalue weighted by molar-refractivity contribution is 0.169. The summed E-state index contributed by atoms with van der Waals surface area (Å²) in [7, 11) is 0. The highest BCUT2D eigenvalue weighted by Crippen LogP contribution is 2.43. The van der Waals surface area contributed by atoms with Crippen molar-refractivity contribution in [1.82, 2.24) is 0 Å². The molecule has 16 heavy (non-hydrogen) atoms. The number of nitrogens with zero attached hydrogens (tertiary/aromatic N) is 1. The van der Waals surface area contributed by atoms with E-state index in [0.29, 0.717) is 34.7 Å². The zero-order chi connectivity index (χ0) is 11.5. The third-order valence-corrected chi connectivity index (χ3v) is 2.76. The Balaban J connectivity index is 2.53. The summed E-state index contributed by atoms with van der Waals surface area (Å²) in [5, 5.41) is 9.81. The fourth-order valence-electron chi connectivity index (χ4n) is 1.47. The largest absolute Gasteiger partial charge is 0.506 e. The molecule has 1 N–H and O–H groups in total. The smallest absolute Gasteiger partial charge is 0.235 e. The van der Waals surface area contributed by atoms with Crippen LogP contribution in [0.2, 0.25) is 0 Å². The van der Waals surface area contributed by atoms with E-state index in [0.717, 1.165) is 0 Å². The molecule has 0 aromatic heterocycles. The molecule has 0 spiro atoms. The first-order valence-corrected chi connectivity index (χ1v) is 5.37. The summed E-state index contributed by atoms with van der Waals surface area (Å²) in [5.74, 6) is 0.973. The van der Waals surface area contributed by atoms with Crippen molar-refractivity contribution in [3.8, 4) is 17.2 Å². The van der Waals surface area contributed by atoms with E-state index in [1.54, 1.807) is 6.07 Å². The van der Waals surface area contributed by atoms with Crippen LogP contribution in [0.15, 0.2) is 15.5 Å². The predicted molar refractivity (Wildman–Crippen MR) is 58.6 cm³/mol. The molecule has 0 atom stereocenters. The van der Waals surface area contributed by atoms with Crippen molar-refractivity contribution < 1.29 is 19.4 Å². The number of benzene rings is 1. The highest BCUT2D eigenvalue weighted by atomic mass is 79.9. The van der Waals surface area contributed by atoms with Gasteiger partial charge < -0.3 is 14.6 Å². The summed E-state index contributed by atoms with van der Waals surface area (Å²) < 4.78 is 11.2. The molecule has 0 saturated carbocycles. The van der Waals surface area contributed by atoms with Gasteiger partial charge >= 0.3 is 0 Å². The Labute approximate surface area is 99.8 Å². The van der Waals surface area contributed by atoms with Gasteiger partial charge in [-0.05, 0) is 15.9 Å². The molecular formula is C10H8BrNO4. The highest BCUT2D eigenvalue weighted by Gasteiger charge is 2.21. The lowest BCUT2D eigenvalue weighted by atomic mass is 10.1. The summed E-state index contributed by atoms with van der Waals surface area (Å²) >= 11 is 3.19. The molecule has 84 valence electrons. The van der Waals surface area contributed by atoms with Gasteiger partial charge in [0.2, 0.25) is 6.08 Å². The van der Waals surface area contributed by atoms with Crippen LogP contribution in [0.5, 0.6) is 17.2 Å². The van der Waals surface area contributed by atoms with Gasteiger partial charge in [-0.15, -0.1) is 0 Å². The van der Waals surface area contributed by atoms with E-state index in [-0.39, 0.29) is 12.3 Å². The molecule has 0 amide bonds. The minimum absolute atomic E-state index is 0.00301. The number of aliphatic imine (C=N–C) groups is 1. The maximum atomic E-state index is 10.1. The molecule has 1 aliphatic heterocycles. The van der Waals surface area contributed by atoms with Gasteiger partial charge in [-0.2, -0.15) is 0 Å². The van der Waals surface area contributed by atoms with Gasteiger partial charge in [-0.1, -0.05) is 0 Å². The average Bonchev–Trinajstić information content (AvgIpc) is 2.30. The zero-order valence-corrected chi connectivity index (χ0v) is 9.78. The van der Waals surface area contributed by atoms with Crippen molar-refractivity contribution in [2.45, 2.75) is 6.54 Å². The van der Waals surface area contributed by atoms with Gasteiger partial charge in [-0.25, -0.2) is 9.79 Å². The molecule has 0 bridgehead atoms. The number of phenolic OH excluding ortho intramolecular Hbond substituents is 1. The fraction of sp³-hybridized carbons (Fsp3) is 0.300. The van der Waals surface area contributed by atoms with Crippen LogP contribution >= 0.6 is 15.9 Å². The third kappa shape index (κ3) is 1.89. The van der Waals surface area contributed by atoms with Crippen LogP contribution in [0.3, 0.4) is 0 Å². The summed E-state index contributed by atoms with van der Waals surface area (Å²) in [6.45, 7) is 0.882. The number of ether oxygens (including phenoxy) is 2. The number of phenols is 1. The molecule has 2 rings (SSSR count). The fourth-order valence-corrected chi connectivity index (χ4v) is 1.92. The lowest BCUT2D eigenvalue weighted by Crippen LogP contribution is -2.16. The molecule has 1 heterocycles. The van der Waals surface area contributed by atoms with E-state index in [2.05, 4.69) is 20.9 Å². The number of halogens is 1. The summed E-state index contributed by atoms with van der Waals surface area (Å²) in [5.41, 5.74) is 0.424. The second kappa shape index (κ2) is 4.55. The normalized spacial score (nSPS) is 13.1. The van der Waals surface area contributed by atoms with Gasteiger partial charge in [0.25, 0.3) is 0 Å². The topological polar surface area (TPSA) is 68.1 Å². The number of aromatic hydroxyl groups is 1.